The van der Waals surface area contributed by atoms with Gasteiger partial charge in [0.2, 0.25) is 0 Å². The maximum atomic E-state index is 11.0. The molecule has 0 aromatic rings. The fourth-order valence-corrected chi connectivity index (χ4v) is 2.30. The molecule has 0 saturated heterocycles. The molecule has 0 aromatic carbocycles. The minimum absolute atomic E-state index is 0.376. The van der Waals surface area contributed by atoms with Crippen molar-refractivity contribution in [2.24, 2.45) is 0 Å². The maximum Gasteiger partial charge on any atom is 0.540 e. The Bertz CT molecular complexity index is 231. The molecule has 0 bridgehead atoms. The zero-order chi connectivity index (χ0) is 16.3. The first kappa shape index (κ1) is 21.2. The number of carbonyl (C=O) groups excluding carboxylic acids is 1. The predicted molar refractivity (Wildman–Crippen MR) is 89.8 cm³/mol. The number of ether oxygens (including phenoxy) is 1. The lowest BCUT2D eigenvalue weighted by molar-refractivity contribution is -0.255. The van der Waals surface area contributed by atoms with Crippen molar-refractivity contribution in [3.05, 3.63) is 0 Å². The van der Waals surface area contributed by atoms with E-state index in [2.05, 4.69) is 11.8 Å². The molecule has 0 atom stereocenters. The van der Waals surface area contributed by atoms with Gasteiger partial charge in [-0.3, -0.25) is 4.89 Å². The van der Waals surface area contributed by atoms with E-state index in [4.69, 9.17) is 9.62 Å². The Labute approximate surface area is 136 Å². The second kappa shape index (κ2) is 18.3. The van der Waals surface area contributed by atoms with Gasteiger partial charge >= 0.3 is 6.16 Å². The highest BCUT2D eigenvalue weighted by molar-refractivity contribution is 5.58. The van der Waals surface area contributed by atoms with Gasteiger partial charge in [-0.05, 0) is 12.8 Å². The largest absolute Gasteiger partial charge is 0.540 e. The van der Waals surface area contributed by atoms with Gasteiger partial charge in [0.05, 0.1) is 13.2 Å². The Morgan fingerprint density at radius 1 is 0.636 bits per heavy atom. The first-order valence-corrected chi connectivity index (χ1v) is 9.27. The van der Waals surface area contributed by atoms with Gasteiger partial charge in [0, 0.05) is 0 Å². The molecule has 0 saturated carbocycles. The average molecular weight is 316 g/mol. The lowest BCUT2D eigenvalue weighted by Crippen LogP contribution is -2.09. The van der Waals surface area contributed by atoms with Gasteiger partial charge in [-0.15, -0.1) is 0 Å². The fourth-order valence-electron chi connectivity index (χ4n) is 2.30. The molecule has 0 fully saturated rings. The molecule has 0 N–H and O–H groups in total. The van der Waals surface area contributed by atoms with E-state index in [9.17, 15) is 4.79 Å². The SMILES string of the molecule is CCCCCCCCCCCCCCOOC(=O)OCCC. The molecular weight excluding hydrogens is 280 g/mol. The van der Waals surface area contributed by atoms with Crippen LogP contribution in [0.5, 0.6) is 0 Å². The third-order valence-electron chi connectivity index (χ3n) is 3.63. The number of hydrogen-bond donors (Lipinski definition) is 0. The van der Waals surface area contributed by atoms with Crippen molar-refractivity contribution in [1.82, 2.24) is 0 Å². The molecule has 0 amide bonds. The monoisotopic (exact) mass is 316 g/mol. The van der Waals surface area contributed by atoms with E-state index >= 15 is 0 Å². The molecule has 0 aliphatic carbocycles. The molecule has 4 nitrogen and oxygen atoms in total. The zero-order valence-corrected chi connectivity index (χ0v) is 14.7. The lowest BCUT2D eigenvalue weighted by Gasteiger charge is -2.04. The van der Waals surface area contributed by atoms with Crippen LogP contribution >= 0.6 is 0 Å². The van der Waals surface area contributed by atoms with Crippen molar-refractivity contribution in [2.45, 2.75) is 97.3 Å². The van der Waals surface area contributed by atoms with Gasteiger partial charge in [0.1, 0.15) is 0 Å². The van der Waals surface area contributed by atoms with E-state index < -0.39 is 6.16 Å². The van der Waals surface area contributed by atoms with Crippen molar-refractivity contribution < 1.29 is 19.3 Å². The smallest absolute Gasteiger partial charge is 0.432 e. The van der Waals surface area contributed by atoms with Gasteiger partial charge in [-0.2, -0.15) is 4.89 Å². The molecular formula is C18H36O4. The van der Waals surface area contributed by atoms with E-state index in [0.717, 1.165) is 19.3 Å². The van der Waals surface area contributed by atoms with Crippen LogP contribution in [0.2, 0.25) is 0 Å². The number of unbranched alkanes of at least 4 members (excludes halogenated alkanes) is 11. The topological polar surface area (TPSA) is 44.8 Å². The second-order valence-electron chi connectivity index (χ2n) is 5.89. The number of hydrogen-bond acceptors (Lipinski definition) is 4. The van der Waals surface area contributed by atoms with Crippen LogP contribution in [-0.4, -0.2) is 19.4 Å². The van der Waals surface area contributed by atoms with E-state index in [1.54, 1.807) is 0 Å². The van der Waals surface area contributed by atoms with Crippen molar-refractivity contribution >= 4 is 6.16 Å². The highest BCUT2D eigenvalue weighted by atomic mass is 17.2. The summed E-state index contributed by atoms with van der Waals surface area (Å²) in [7, 11) is 0. The van der Waals surface area contributed by atoms with Crippen molar-refractivity contribution in [2.75, 3.05) is 13.2 Å². The highest BCUT2D eigenvalue weighted by Gasteiger charge is 2.03. The summed E-state index contributed by atoms with van der Waals surface area (Å²) in [5, 5.41) is 0. The molecule has 22 heavy (non-hydrogen) atoms. The fraction of sp³-hybridized carbons (Fsp3) is 0.944. The molecule has 0 heterocycles. The van der Waals surface area contributed by atoms with Crippen LogP contribution in [0.25, 0.3) is 0 Å². The van der Waals surface area contributed by atoms with Gasteiger partial charge in [-0.1, -0.05) is 84.5 Å². The van der Waals surface area contributed by atoms with Gasteiger partial charge < -0.3 is 4.74 Å². The van der Waals surface area contributed by atoms with Gasteiger partial charge in [0.25, 0.3) is 0 Å². The van der Waals surface area contributed by atoms with E-state index in [1.807, 2.05) is 6.92 Å². The Morgan fingerprint density at radius 3 is 1.64 bits per heavy atom. The second-order valence-corrected chi connectivity index (χ2v) is 5.89. The van der Waals surface area contributed by atoms with E-state index in [0.29, 0.717) is 13.2 Å². The standard InChI is InChI=1S/C18H36O4/c1-3-5-6-7-8-9-10-11-12-13-14-15-17-21-22-18(19)20-16-4-2/h3-17H2,1-2H3. The van der Waals surface area contributed by atoms with Crippen LogP contribution in [0.1, 0.15) is 97.3 Å². The minimum Gasteiger partial charge on any atom is -0.432 e. The molecule has 0 aliphatic heterocycles. The maximum absolute atomic E-state index is 11.0. The van der Waals surface area contributed by atoms with Crippen LogP contribution in [0.4, 0.5) is 4.79 Å². The Kier molecular flexibility index (Phi) is 17.6. The molecule has 0 aliphatic rings. The van der Waals surface area contributed by atoms with Gasteiger partial charge in [0.15, 0.2) is 0 Å². The van der Waals surface area contributed by atoms with Crippen LogP contribution in [-0.2, 0) is 14.5 Å². The van der Waals surface area contributed by atoms with Crippen LogP contribution in [0.3, 0.4) is 0 Å². The summed E-state index contributed by atoms with van der Waals surface area (Å²) in [5.74, 6) is 0. The predicted octanol–water partition coefficient (Wildman–Crippen LogP) is 6.18. The summed E-state index contributed by atoms with van der Waals surface area (Å²) in [5.41, 5.74) is 0. The highest BCUT2D eigenvalue weighted by Crippen LogP contribution is 2.11. The summed E-state index contributed by atoms with van der Waals surface area (Å²) in [6.45, 7) is 5.02. The molecule has 0 rings (SSSR count). The summed E-state index contributed by atoms with van der Waals surface area (Å²) in [6.07, 6.45) is 15.7. The summed E-state index contributed by atoms with van der Waals surface area (Å²) in [6, 6.07) is 0. The molecule has 0 spiro atoms. The van der Waals surface area contributed by atoms with E-state index in [-0.39, 0.29) is 0 Å². The quantitative estimate of drug-likeness (QED) is 0.147. The zero-order valence-electron chi connectivity index (χ0n) is 14.7. The normalized spacial score (nSPS) is 10.6. The summed E-state index contributed by atoms with van der Waals surface area (Å²) >= 11 is 0. The van der Waals surface area contributed by atoms with Crippen LogP contribution < -0.4 is 0 Å². The van der Waals surface area contributed by atoms with Gasteiger partial charge in [-0.25, -0.2) is 4.79 Å². The molecule has 0 radical (unpaired) electrons. The van der Waals surface area contributed by atoms with Crippen LogP contribution in [0, 0.1) is 0 Å². The van der Waals surface area contributed by atoms with Crippen molar-refractivity contribution in [3.63, 3.8) is 0 Å². The average Bonchev–Trinajstić information content (AvgIpc) is 2.53. The van der Waals surface area contributed by atoms with Crippen LogP contribution in [0.15, 0.2) is 0 Å². The van der Waals surface area contributed by atoms with Crippen molar-refractivity contribution in [3.8, 4) is 0 Å². The Hall–Kier alpha value is -0.770. The third kappa shape index (κ3) is 17.3. The Morgan fingerprint density at radius 2 is 1.14 bits per heavy atom. The lowest BCUT2D eigenvalue weighted by atomic mass is 10.1. The minimum atomic E-state index is -0.735. The number of rotatable bonds is 16. The van der Waals surface area contributed by atoms with E-state index in [1.165, 1.54) is 64.2 Å². The molecule has 0 aromatic heterocycles. The molecule has 132 valence electrons. The Balaban J connectivity index is 3.04. The summed E-state index contributed by atoms with van der Waals surface area (Å²) < 4.78 is 4.72. The summed E-state index contributed by atoms with van der Waals surface area (Å²) in [4.78, 5) is 20.2. The first-order chi connectivity index (χ1) is 10.8. The molecule has 4 heteroatoms. The number of carbonyl (C=O) groups is 1. The van der Waals surface area contributed by atoms with Crippen molar-refractivity contribution in [1.29, 1.82) is 0 Å². The molecule has 0 unspecified atom stereocenters. The third-order valence-corrected chi connectivity index (χ3v) is 3.63. The first-order valence-electron chi connectivity index (χ1n) is 9.27.